The van der Waals surface area contributed by atoms with Crippen LogP contribution in [-0.2, 0) is 6.54 Å². The molecule has 0 unspecified atom stereocenters. The Morgan fingerprint density at radius 2 is 1.78 bits per heavy atom. The Bertz CT molecular complexity index is 1010. The molecule has 1 fully saturated rings. The third-order valence-corrected chi connectivity index (χ3v) is 5.61. The van der Waals surface area contributed by atoms with Crippen molar-refractivity contribution >= 4 is 11.4 Å². The first-order valence-electron chi connectivity index (χ1n) is 11.2. The van der Waals surface area contributed by atoms with E-state index in [0.29, 0.717) is 6.54 Å². The van der Waals surface area contributed by atoms with Gasteiger partial charge >= 0.3 is 0 Å². The molecule has 0 spiro atoms. The van der Waals surface area contributed by atoms with Gasteiger partial charge < -0.3 is 19.1 Å². The van der Waals surface area contributed by atoms with E-state index in [2.05, 4.69) is 40.2 Å². The second kappa shape index (κ2) is 10.7. The Kier molecular flexibility index (Phi) is 7.28. The van der Waals surface area contributed by atoms with E-state index >= 15 is 0 Å². The van der Waals surface area contributed by atoms with Gasteiger partial charge in [0.15, 0.2) is 11.5 Å². The van der Waals surface area contributed by atoms with Crippen LogP contribution in [0.3, 0.4) is 0 Å². The Morgan fingerprint density at radius 3 is 2.47 bits per heavy atom. The van der Waals surface area contributed by atoms with Gasteiger partial charge in [-0.15, -0.1) is 0 Å². The molecular formula is C27H30N2O3. The van der Waals surface area contributed by atoms with Gasteiger partial charge in [-0.25, -0.2) is 0 Å². The summed E-state index contributed by atoms with van der Waals surface area (Å²) < 4.78 is 17.5. The van der Waals surface area contributed by atoms with Gasteiger partial charge in [0.25, 0.3) is 0 Å². The van der Waals surface area contributed by atoms with Gasteiger partial charge in [0.1, 0.15) is 5.75 Å². The highest BCUT2D eigenvalue weighted by Crippen LogP contribution is 2.38. The molecular weight excluding hydrogens is 400 g/mol. The van der Waals surface area contributed by atoms with Crippen LogP contribution in [0.5, 0.6) is 17.2 Å². The molecule has 0 atom stereocenters. The van der Waals surface area contributed by atoms with Crippen LogP contribution in [0.1, 0.15) is 38.2 Å². The molecule has 1 aliphatic rings. The molecule has 1 aromatic heterocycles. The lowest BCUT2D eigenvalue weighted by molar-refractivity contribution is 0.201. The topological polar surface area (TPSA) is 43.8 Å². The van der Waals surface area contributed by atoms with Gasteiger partial charge in [-0.3, -0.25) is 4.98 Å². The number of pyridine rings is 1. The molecule has 4 rings (SSSR count). The lowest BCUT2D eigenvalue weighted by atomic mass is 10.1. The predicted molar refractivity (Wildman–Crippen MR) is 128 cm³/mol. The van der Waals surface area contributed by atoms with E-state index in [4.69, 9.17) is 14.2 Å². The first kappa shape index (κ1) is 21.8. The van der Waals surface area contributed by atoms with E-state index < -0.39 is 0 Å². The van der Waals surface area contributed by atoms with E-state index in [1.807, 2.05) is 43.5 Å². The third-order valence-electron chi connectivity index (χ3n) is 5.61. The molecule has 3 aromatic rings. The summed E-state index contributed by atoms with van der Waals surface area (Å²) in [7, 11) is 1.69. The first-order valence-corrected chi connectivity index (χ1v) is 11.2. The summed E-state index contributed by atoms with van der Waals surface area (Å²) in [6.07, 6.45) is 12.1. The average Bonchev–Trinajstić information content (AvgIpc) is 3.35. The molecule has 1 aliphatic carbocycles. The Morgan fingerprint density at radius 1 is 1.00 bits per heavy atom. The molecule has 1 heterocycles. The fourth-order valence-electron chi connectivity index (χ4n) is 3.97. The summed E-state index contributed by atoms with van der Waals surface area (Å²) in [5.41, 5.74) is 3.21. The number of methoxy groups -OCH3 is 1. The van der Waals surface area contributed by atoms with Crippen molar-refractivity contribution in [2.24, 2.45) is 0 Å². The van der Waals surface area contributed by atoms with Crippen LogP contribution >= 0.6 is 0 Å². The molecule has 5 heteroatoms. The zero-order valence-electron chi connectivity index (χ0n) is 18.7. The zero-order chi connectivity index (χ0) is 22.2. The maximum absolute atomic E-state index is 6.35. The second-order valence-corrected chi connectivity index (χ2v) is 7.89. The van der Waals surface area contributed by atoms with Crippen molar-refractivity contribution in [3.8, 4) is 17.2 Å². The summed E-state index contributed by atoms with van der Waals surface area (Å²) >= 11 is 0. The van der Waals surface area contributed by atoms with Crippen LogP contribution in [0.2, 0.25) is 0 Å². The van der Waals surface area contributed by atoms with Crippen LogP contribution < -0.4 is 19.1 Å². The largest absolute Gasteiger partial charge is 0.493 e. The van der Waals surface area contributed by atoms with Crippen LogP contribution in [0.4, 0.5) is 11.4 Å². The molecule has 0 aliphatic heterocycles. The van der Waals surface area contributed by atoms with Crippen molar-refractivity contribution in [3.05, 3.63) is 84.9 Å². The quantitative estimate of drug-likeness (QED) is 0.355. The van der Waals surface area contributed by atoms with Crippen molar-refractivity contribution in [1.82, 2.24) is 4.98 Å². The van der Waals surface area contributed by atoms with Crippen LogP contribution in [-0.4, -0.2) is 18.2 Å². The molecule has 1 saturated carbocycles. The van der Waals surface area contributed by atoms with E-state index in [1.54, 1.807) is 19.6 Å². The van der Waals surface area contributed by atoms with Gasteiger partial charge in [-0.1, -0.05) is 12.1 Å². The maximum atomic E-state index is 6.35. The minimum Gasteiger partial charge on any atom is -0.493 e. The molecule has 0 bridgehead atoms. The van der Waals surface area contributed by atoms with E-state index in [0.717, 1.165) is 47.0 Å². The van der Waals surface area contributed by atoms with Crippen LogP contribution in [0.15, 0.2) is 79.3 Å². The normalized spacial score (nSPS) is 13.9. The number of benzene rings is 2. The van der Waals surface area contributed by atoms with Gasteiger partial charge in [0.05, 0.1) is 19.5 Å². The van der Waals surface area contributed by atoms with Gasteiger partial charge in [0, 0.05) is 36.4 Å². The summed E-state index contributed by atoms with van der Waals surface area (Å²) in [5, 5.41) is 0. The minimum absolute atomic E-state index is 0.258. The minimum atomic E-state index is 0.258. The molecule has 166 valence electrons. The van der Waals surface area contributed by atoms with E-state index in [-0.39, 0.29) is 6.10 Å². The van der Waals surface area contributed by atoms with Crippen molar-refractivity contribution in [1.29, 1.82) is 0 Å². The van der Waals surface area contributed by atoms with Gasteiger partial charge in [-0.2, -0.15) is 0 Å². The van der Waals surface area contributed by atoms with Crippen molar-refractivity contribution in [2.45, 2.75) is 45.3 Å². The smallest absolute Gasteiger partial charge is 0.163 e. The standard InChI is InChI=1S/C27H30N2O3/c1-3-17-31-24-13-10-22(11-14-24)29(20-21-7-6-16-28-19-21)23-12-15-26(30-2)27(18-23)32-25-8-4-5-9-25/h3,6-7,10-19,25H,4-5,8-9,20H2,1-2H3/b17-3-. The fourth-order valence-corrected chi connectivity index (χ4v) is 3.97. The Hall–Kier alpha value is -3.47. The van der Waals surface area contributed by atoms with Crippen LogP contribution in [0.25, 0.3) is 0 Å². The summed E-state index contributed by atoms with van der Waals surface area (Å²) in [6, 6.07) is 18.3. The number of anilines is 2. The number of nitrogens with zero attached hydrogens (tertiary/aromatic N) is 2. The number of aromatic nitrogens is 1. The maximum Gasteiger partial charge on any atom is 0.163 e. The monoisotopic (exact) mass is 430 g/mol. The van der Waals surface area contributed by atoms with Crippen LogP contribution in [0, 0.1) is 0 Å². The molecule has 32 heavy (non-hydrogen) atoms. The lowest BCUT2D eigenvalue weighted by Crippen LogP contribution is -2.17. The highest BCUT2D eigenvalue weighted by Gasteiger charge is 2.20. The highest BCUT2D eigenvalue weighted by atomic mass is 16.5. The summed E-state index contributed by atoms with van der Waals surface area (Å²) in [6.45, 7) is 2.61. The molecule has 0 saturated heterocycles. The molecule has 0 N–H and O–H groups in total. The van der Waals surface area contributed by atoms with Gasteiger partial charge in [0.2, 0.25) is 0 Å². The van der Waals surface area contributed by atoms with Gasteiger partial charge in [-0.05, 0) is 80.6 Å². The Balaban J connectivity index is 1.67. The molecule has 5 nitrogen and oxygen atoms in total. The zero-order valence-corrected chi connectivity index (χ0v) is 18.7. The van der Waals surface area contributed by atoms with Crippen molar-refractivity contribution in [2.75, 3.05) is 12.0 Å². The summed E-state index contributed by atoms with van der Waals surface area (Å²) in [5.74, 6) is 2.35. The van der Waals surface area contributed by atoms with E-state index in [9.17, 15) is 0 Å². The van der Waals surface area contributed by atoms with Crippen molar-refractivity contribution < 1.29 is 14.2 Å². The number of hydrogen-bond acceptors (Lipinski definition) is 5. The first-order chi connectivity index (χ1) is 15.8. The second-order valence-electron chi connectivity index (χ2n) is 7.89. The number of ether oxygens (including phenoxy) is 3. The lowest BCUT2D eigenvalue weighted by Gasteiger charge is -2.27. The van der Waals surface area contributed by atoms with E-state index in [1.165, 1.54) is 12.8 Å². The highest BCUT2D eigenvalue weighted by molar-refractivity contribution is 5.67. The molecule has 0 amide bonds. The fraction of sp³-hybridized carbons (Fsp3) is 0.296. The average molecular weight is 431 g/mol. The van der Waals surface area contributed by atoms with Crippen molar-refractivity contribution in [3.63, 3.8) is 0 Å². The number of allylic oxidation sites excluding steroid dienone is 1. The summed E-state index contributed by atoms with van der Waals surface area (Å²) in [4.78, 5) is 6.53. The third kappa shape index (κ3) is 5.41. The number of hydrogen-bond donors (Lipinski definition) is 0. The molecule has 2 aromatic carbocycles. The Labute approximate surface area is 190 Å². The SMILES string of the molecule is C/C=C\Oc1ccc(N(Cc2cccnc2)c2ccc(OC)c(OC3CCCC3)c2)cc1. The molecule has 0 radical (unpaired) electrons. The number of rotatable bonds is 9. The predicted octanol–water partition coefficient (Wildman–Crippen LogP) is 6.66.